The van der Waals surface area contributed by atoms with Gasteiger partial charge in [0.25, 0.3) is 5.91 Å². The average molecular weight is 375 g/mol. The van der Waals surface area contributed by atoms with Crippen LogP contribution in [0.1, 0.15) is 36.2 Å². The maximum Gasteiger partial charge on any atom is 0.312 e. The van der Waals surface area contributed by atoms with Crippen molar-refractivity contribution in [3.05, 3.63) is 35.4 Å². The van der Waals surface area contributed by atoms with Gasteiger partial charge in [-0.2, -0.15) is 5.26 Å². The first kappa shape index (κ1) is 21.6. The Balaban J connectivity index is 3.05. The molecule has 27 heavy (non-hydrogen) atoms. The number of esters is 2. The van der Waals surface area contributed by atoms with Gasteiger partial charge in [0.05, 0.1) is 37.2 Å². The molecule has 0 unspecified atom stereocenters. The second-order valence-electron chi connectivity index (χ2n) is 5.41. The normalized spacial score (nSPS) is 12.2. The van der Waals surface area contributed by atoms with Crippen LogP contribution in [0.25, 0.3) is 0 Å². The number of amides is 2. The highest BCUT2D eigenvalue weighted by atomic mass is 16.5. The van der Waals surface area contributed by atoms with Crippen LogP contribution in [0.3, 0.4) is 0 Å². The van der Waals surface area contributed by atoms with E-state index in [1.807, 2.05) is 6.07 Å². The van der Waals surface area contributed by atoms with Crippen molar-refractivity contribution in [2.75, 3.05) is 13.2 Å². The van der Waals surface area contributed by atoms with Gasteiger partial charge in [-0.05, 0) is 38.1 Å². The van der Waals surface area contributed by atoms with Gasteiger partial charge in [-0.1, -0.05) is 0 Å². The van der Waals surface area contributed by atoms with Gasteiger partial charge >= 0.3 is 11.9 Å². The topological polar surface area (TPSA) is 149 Å². The van der Waals surface area contributed by atoms with Crippen LogP contribution in [0.2, 0.25) is 0 Å². The number of nitrogens with zero attached hydrogens (tertiary/aromatic N) is 1. The highest BCUT2D eigenvalue weighted by Gasteiger charge is 2.37. The van der Waals surface area contributed by atoms with E-state index >= 15 is 0 Å². The molecule has 0 aromatic heterocycles. The van der Waals surface area contributed by atoms with Crippen molar-refractivity contribution >= 4 is 23.8 Å². The molecule has 0 saturated heterocycles. The number of benzene rings is 1. The van der Waals surface area contributed by atoms with E-state index in [4.69, 9.17) is 20.5 Å². The number of ether oxygens (including phenoxy) is 2. The summed E-state index contributed by atoms with van der Waals surface area (Å²) in [5, 5.41) is 11.1. The standard InChI is InChI=1S/C18H21N3O6/c1-3-26-14(22)9-13(18(25)27-4-2)15(16(20)23)21-17(24)12-7-5-11(10-19)6-8-12/h5-8,13,15H,3-4,9H2,1-2H3,(H2,20,23)(H,21,24)/t13-,15+/m0/s1. The van der Waals surface area contributed by atoms with Crippen molar-refractivity contribution in [3.63, 3.8) is 0 Å². The summed E-state index contributed by atoms with van der Waals surface area (Å²) in [7, 11) is 0. The molecule has 9 nitrogen and oxygen atoms in total. The van der Waals surface area contributed by atoms with E-state index in [1.165, 1.54) is 24.3 Å². The lowest BCUT2D eigenvalue weighted by atomic mass is 9.95. The minimum Gasteiger partial charge on any atom is -0.466 e. The number of hydrogen-bond donors (Lipinski definition) is 2. The Hall–Kier alpha value is -3.41. The zero-order valence-electron chi connectivity index (χ0n) is 15.1. The lowest BCUT2D eigenvalue weighted by molar-refractivity contribution is -0.156. The molecule has 1 aromatic rings. The number of primary amides is 1. The molecule has 0 bridgehead atoms. The molecule has 9 heteroatoms. The number of nitrogens with two attached hydrogens (primary N) is 1. The van der Waals surface area contributed by atoms with Gasteiger partial charge in [0.1, 0.15) is 6.04 Å². The van der Waals surface area contributed by atoms with Gasteiger partial charge in [0, 0.05) is 5.56 Å². The van der Waals surface area contributed by atoms with Crippen molar-refractivity contribution in [1.82, 2.24) is 5.32 Å². The Morgan fingerprint density at radius 2 is 1.70 bits per heavy atom. The zero-order valence-corrected chi connectivity index (χ0v) is 15.1. The minimum atomic E-state index is -1.48. The molecular weight excluding hydrogens is 354 g/mol. The number of nitriles is 1. The van der Waals surface area contributed by atoms with Crippen LogP contribution >= 0.6 is 0 Å². The lowest BCUT2D eigenvalue weighted by Crippen LogP contribution is -2.52. The van der Waals surface area contributed by atoms with Crippen molar-refractivity contribution in [3.8, 4) is 6.07 Å². The van der Waals surface area contributed by atoms with Crippen LogP contribution in [0.15, 0.2) is 24.3 Å². The molecular formula is C18H21N3O6. The minimum absolute atomic E-state index is 0.0210. The third-order valence-corrected chi connectivity index (χ3v) is 3.55. The summed E-state index contributed by atoms with van der Waals surface area (Å²) in [6, 6.07) is 6.06. The van der Waals surface area contributed by atoms with E-state index in [9.17, 15) is 19.2 Å². The van der Waals surface area contributed by atoms with Gasteiger partial charge in [-0.3, -0.25) is 19.2 Å². The van der Waals surface area contributed by atoms with Gasteiger partial charge in [-0.15, -0.1) is 0 Å². The van der Waals surface area contributed by atoms with Gasteiger partial charge in [-0.25, -0.2) is 0 Å². The van der Waals surface area contributed by atoms with Crippen LogP contribution in [0.5, 0.6) is 0 Å². The molecule has 1 rings (SSSR count). The Morgan fingerprint density at radius 3 is 2.19 bits per heavy atom. The van der Waals surface area contributed by atoms with Crippen LogP contribution in [0.4, 0.5) is 0 Å². The predicted molar refractivity (Wildman–Crippen MR) is 93.0 cm³/mol. The number of rotatable bonds is 9. The van der Waals surface area contributed by atoms with Crippen molar-refractivity contribution in [2.45, 2.75) is 26.3 Å². The molecule has 0 saturated carbocycles. The van der Waals surface area contributed by atoms with E-state index in [1.54, 1.807) is 13.8 Å². The second kappa shape index (κ2) is 10.6. The van der Waals surface area contributed by atoms with Crippen molar-refractivity contribution in [2.24, 2.45) is 11.7 Å². The monoisotopic (exact) mass is 375 g/mol. The molecule has 0 aliphatic carbocycles. The number of hydrogen-bond acceptors (Lipinski definition) is 7. The lowest BCUT2D eigenvalue weighted by Gasteiger charge is -2.23. The average Bonchev–Trinajstić information content (AvgIpc) is 2.64. The Kier molecular flexibility index (Phi) is 8.45. The fourth-order valence-electron chi connectivity index (χ4n) is 2.28. The smallest absolute Gasteiger partial charge is 0.312 e. The Morgan fingerprint density at radius 1 is 1.11 bits per heavy atom. The fourth-order valence-corrected chi connectivity index (χ4v) is 2.28. The number of carbonyl (C=O) groups is 4. The van der Waals surface area contributed by atoms with E-state index in [0.29, 0.717) is 5.56 Å². The van der Waals surface area contributed by atoms with Crippen LogP contribution < -0.4 is 11.1 Å². The van der Waals surface area contributed by atoms with Crippen molar-refractivity contribution in [1.29, 1.82) is 5.26 Å². The van der Waals surface area contributed by atoms with E-state index in [0.717, 1.165) is 0 Å². The summed E-state index contributed by atoms with van der Waals surface area (Å²) in [5.41, 5.74) is 5.84. The summed E-state index contributed by atoms with van der Waals surface area (Å²) < 4.78 is 9.69. The molecule has 0 fully saturated rings. The number of carbonyl (C=O) groups excluding carboxylic acids is 4. The first-order chi connectivity index (χ1) is 12.8. The molecule has 144 valence electrons. The third kappa shape index (κ3) is 6.43. The van der Waals surface area contributed by atoms with E-state index < -0.39 is 42.1 Å². The molecule has 3 N–H and O–H groups in total. The second-order valence-corrected chi connectivity index (χ2v) is 5.41. The Labute approximate surface area is 156 Å². The van der Waals surface area contributed by atoms with Gasteiger partial charge < -0.3 is 20.5 Å². The molecule has 0 heterocycles. The SMILES string of the molecule is CCOC(=O)C[C@H](C(=O)OCC)[C@@H](NC(=O)c1ccc(C#N)cc1)C(N)=O. The van der Waals surface area contributed by atoms with Gasteiger partial charge in [0.2, 0.25) is 5.91 Å². The first-order valence-corrected chi connectivity index (χ1v) is 8.26. The third-order valence-electron chi connectivity index (χ3n) is 3.55. The maximum atomic E-state index is 12.4. The molecule has 0 radical (unpaired) electrons. The highest BCUT2D eigenvalue weighted by molar-refractivity contribution is 5.99. The van der Waals surface area contributed by atoms with Crippen LogP contribution in [-0.2, 0) is 23.9 Å². The molecule has 0 aliphatic heterocycles. The van der Waals surface area contributed by atoms with E-state index in [-0.39, 0.29) is 18.8 Å². The summed E-state index contributed by atoms with van der Waals surface area (Å²) in [5.74, 6) is -4.60. The Bertz CT molecular complexity index is 738. The fraction of sp³-hybridized carbons (Fsp3) is 0.389. The number of nitrogens with one attached hydrogen (secondary N) is 1. The van der Waals surface area contributed by atoms with Crippen LogP contribution in [-0.4, -0.2) is 43.0 Å². The molecule has 0 aliphatic rings. The zero-order chi connectivity index (χ0) is 20.4. The predicted octanol–water partition coefficient (Wildman–Crippen LogP) is 0.274. The summed E-state index contributed by atoms with van der Waals surface area (Å²) in [6.07, 6.45) is -0.478. The summed E-state index contributed by atoms with van der Waals surface area (Å²) in [4.78, 5) is 48.2. The highest BCUT2D eigenvalue weighted by Crippen LogP contribution is 2.15. The van der Waals surface area contributed by atoms with Crippen molar-refractivity contribution < 1.29 is 28.7 Å². The molecule has 0 spiro atoms. The maximum absolute atomic E-state index is 12.4. The van der Waals surface area contributed by atoms with E-state index in [2.05, 4.69) is 5.32 Å². The van der Waals surface area contributed by atoms with Crippen LogP contribution in [0, 0.1) is 17.2 Å². The first-order valence-electron chi connectivity index (χ1n) is 8.26. The molecule has 2 amide bonds. The largest absolute Gasteiger partial charge is 0.466 e. The summed E-state index contributed by atoms with van der Waals surface area (Å²) >= 11 is 0. The summed E-state index contributed by atoms with van der Waals surface area (Å²) in [6.45, 7) is 3.27. The molecule has 2 atom stereocenters. The van der Waals surface area contributed by atoms with Gasteiger partial charge in [0.15, 0.2) is 0 Å². The molecule has 1 aromatic carbocycles. The quantitative estimate of drug-likeness (QED) is 0.589.